The van der Waals surface area contributed by atoms with Crippen LogP contribution in [0.25, 0.3) is 10.8 Å². The van der Waals surface area contributed by atoms with Crippen LogP contribution in [-0.4, -0.2) is 23.0 Å². The minimum Gasteiger partial charge on any atom is -0.497 e. The van der Waals surface area contributed by atoms with E-state index in [0.717, 1.165) is 27.8 Å². The van der Waals surface area contributed by atoms with E-state index >= 15 is 0 Å². The van der Waals surface area contributed by atoms with E-state index < -0.39 is 0 Å². The first-order valence-electron chi connectivity index (χ1n) is 7.31. The van der Waals surface area contributed by atoms with E-state index in [1.54, 1.807) is 19.4 Å². The summed E-state index contributed by atoms with van der Waals surface area (Å²) in [5.41, 5.74) is 1.75. The first-order valence-corrected chi connectivity index (χ1v) is 7.31. The molecule has 0 fully saturated rings. The third-order valence-electron chi connectivity index (χ3n) is 3.58. The lowest BCUT2D eigenvalue weighted by Gasteiger charge is -2.09. The second-order valence-electron chi connectivity index (χ2n) is 5.25. The van der Waals surface area contributed by atoms with Gasteiger partial charge in [0.05, 0.1) is 13.5 Å². The van der Waals surface area contributed by atoms with Crippen molar-refractivity contribution in [3.05, 3.63) is 59.9 Å². The molecule has 0 bridgehead atoms. The van der Waals surface area contributed by atoms with E-state index in [0.29, 0.717) is 5.95 Å². The van der Waals surface area contributed by atoms with Crippen LogP contribution < -0.4 is 10.1 Å². The number of ether oxygens (including phenoxy) is 1. The van der Waals surface area contributed by atoms with Crippen molar-refractivity contribution in [2.75, 3.05) is 12.4 Å². The van der Waals surface area contributed by atoms with Gasteiger partial charge in [0.15, 0.2) is 0 Å². The van der Waals surface area contributed by atoms with Gasteiger partial charge in [0.25, 0.3) is 0 Å². The first-order chi connectivity index (χ1) is 11.2. The van der Waals surface area contributed by atoms with E-state index in [1.807, 2.05) is 43.3 Å². The van der Waals surface area contributed by atoms with E-state index in [4.69, 9.17) is 4.74 Å². The third kappa shape index (κ3) is 3.45. The second-order valence-corrected chi connectivity index (χ2v) is 5.25. The highest BCUT2D eigenvalue weighted by Gasteiger charge is 2.09. The topological polar surface area (TPSA) is 64.1 Å². The molecule has 0 aliphatic carbocycles. The van der Waals surface area contributed by atoms with Gasteiger partial charge in [-0.3, -0.25) is 10.1 Å². The Balaban J connectivity index is 1.84. The van der Waals surface area contributed by atoms with E-state index in [1.165, 1.54) is 0 Å². The highest BCUT2D eigenvalue weighted by Crippen LogP contribution is 2.24. The molecule has 1 heterocycles. The maximum Gasteiger partial charge on any atom is 0.231 e. The van der Waals surface area contributed by atoms with Crippen molar-refractivity contribution in [3.63, 3.8) is 0 Å². The monoisotopic (exact) mass is 307 g/mol. The summed E-state index contributed by atoms with van der Waals surface area (Å²) in [4.78, 5) is 20.5. The molecule has 0 radical (unpaired) electrons. The van der Waals surface area contributed by atoms with Crippen LogP contribution in [0.15, 0.2) is 48.7 Å². The quantitative estimate of drug-likeness (QED) is 0.804. The highest BCUT2D eigenvalue weighted by atomic mass is 16.5. The Morgan fingerprint density at radius 1 is 1.22 bits per heavy atom. The molecule has 1 aromatic heterocycles. The van der Waals surface area contributed by atoms with Crippen LogP contribution in [0.2, 0.25) is 0 Å². The number of amides is 1. The Hall–Kier alpha value is -2.95. The number of anilines is 1. The van der Waals surface area contributed by atoms with Crippen LogP contribution in [-0.2, 0) is 11.2 Å². The van der Waals surface area contributed by atoms with Gasteiger partial charge in [-0.1, -0.05) is 24.3 Å². The Morgan fingerprint density at radius 2 is 2.09 bits per heavy atom. The maximum absolute atomic E-state index is 12.3. The molecule has 1 amide bonds. The zero-order valence-electron chi connectivity index (χ0n) is 13.0. The van der Waals surface area contributed by atoms with Gasteiger partial charge in [0.2, 0.25) is 11.9 Å². The average Bonchev–Trinajstić information content (AvgIpc) is 2.54. The van der Waals surface area contributed by atoms with Crippen LogP contribution >= 0.6 is 0 Å². The normalized spacial score (nSPS) is 10.5. The summed E-state index contributed by atoms with van der Waals surface area (Å²) in [6, 6.07) is 13.5. The fourth-order valence-corrected chi connectivity index (χ4v) is 2.45. The van der Waals surface area contributed by atoms with Crippen LogP contribution in [0.3, 0.4) is 0 Å². The molecule has 0 saturated carbocycles. The Kier molecular flexibility index (Phi) is 4.19. The van der Waals surface area contributed by atoms with Gasteiger partial charge in [0, 0.05) is 11.9 Å². The van der Waals surface area contributed by atoms with Crippen molar-refractivity contribution in [2.24, 2.45) is 0 Å². The number of hydrogen-bond donors (Lipinski definition) is 1. The van der Waals surface area contributed by atoms with Crippen LogP contribution in [0, 0.1) is 6.92 Å². The van der Waals surface area contributed by atoms with Gasteiger partial charge in [-0.2, -0.15) is 0 Å². The molecular weight excluding hydrogens is 290 g/mol. The molecule has 0 saturated heterocycles. The molecule has 116 valence electrons. The van der Waals surface area contributed by atoms with Crippen molar-refractivity contribution in [1.82, 2.24) is 9.97 Å². The zero-order valence-corrected chi connectivity index (χ0v) is 13.0. The van der Waals surface area contributed by atoms with Gasteiger partial charge < -0.3 is 4.74 Å². The second kappa shape index (κ2) is 6.44. The number of carbonyl (C=O) groups excluding carboxylic acids is 1. The molecule has 0 aliphatic rings. The van der Waals surface area contributed by atoms with Crippen molar-refractivity contribution < 1.29 is 9.53 Å². The Bertz CT molecular complexity index is 862. The number of carbonyl (C=O) groups is 1. The minimum atomic E-state index is -0.147. The smallest absolute Gasteiger partial charge is 0.231 e. The van der Waals surface area contributed by atoms with Crippen molar-refractivity contribution >= 4 is 22.6 Å². The molecule has 3 aromatic rings. The molecule has 0 aliphatic heterocycles. The number of fused-ring (bicyclic) bond motifs is 1. The van der Waals surface area contributed by atoms with Crippen molar-refractivity contribution in [2.45, 2.75) is 13.3 Å². The molecule has 23 heavy (non-hydrogen) atoms. The molecule has 0 spiro atoms. The standard InChI is InChI=1S/C18H17N3O2/c1-12-8-9-19-18(20-12)21-17(22)10-14-5-3-4-13-6-7-15(23-2)11-16(13)14/h3-9,11H,10H2,1-2H3,(H,19,20,21,22). The zero-order chi connectivity index (χ0) is 16.2. The maximum atomic E-state index is 12.3. The number of methoxy groups -OCH3 is 1. The molecule has 3 rings (SSSR count). The van der Waals surface area contributed by atoms with E-state index in [9.17, 15) is 4.79 Å². The summed E-state index contributed by atoms with van der Waals surface area (Å²) in [7, 11) is 1.63. The van der Waals surface area contributed by atoms with E-state index in [-0.39, 0.29) is 12.3 Å². The Labute approximate surface area is 134 Å². The molecule has 1 N–H and O–H groups in total. The lowest BCUT2D eigenvalue weighted by atomic mass is 10.0. The minimum absolute atomic E-state index is 0.147. The molecule has 2 aromatic carbocycles. The van der Waals surface area contributed by atoms with Gasteiger partial charge in [-0.05, 0) is 41.5 Å². The predicted molar refractivity (Wildman–Crippen MR) is 89.6 cm³/mol. The van der Waals surface area contributed by atoms with Gasteiger partial charge >= 0.3 is 0 Å². The largest absolute Gasteiger partial charge is 0.497 e. The van der Waals surface area contributed by atoms with Gasteiger partial charge in [-0.25, -0.2) is 9.97 Å². The SMILES string of the molecule is COc1ccc2cccc(CC(=O)Nc3nccc(C)n3)c2c1. The molecule has 5 heteroatoms. The van der Waals surface area contributed by atoms with Gasteiger partial charge in [0.1, 0.15) is 5.75 Å². The molecule has 5 nitrogen and oxygen atoms in total. The number of benzene rings is 2. The fourth-order valence-electron chi connectivity index (χ4n) is 2.45. The average molecular weight is 307 g/mol. The summed E-state index contributed by atoms with van der Waals surface area (Å²) in [5.74, 6) is 0.950. The number of rotatable bonds is 4. The predicted octanol–water partition coefficient (Wildman–Crippen LogP) is 3.13. The lowest BCUT2D eigenvalue weighted by Crippen LogP contribution is -2.16. The summed E-state index contributed by atoms with van der Waals surface area (Å²) >= 11 is 0. The number of aryl methyl sites for hydroxylation is 1. The number of aromatic nitrogens is 2. The Morgan fingerprint density at radius 3 is 2.87 bits per heavy atom. The number of hydrogen-bond acceptors (Lipinski definition) is 4. The number of nitrogens with one attached hydrogen (secondary N) is 1. The first kappa shape index (κ1) is 15.0. The summed E-state index contributed by atoms with van der Waals surface area (Å²) in [6.45, 7) is 1.86. The summed E-state index contributed by atoms with van der Waals surface area (Å²) in [5, 5.41) is 4.81. The van der Waals surface area contributed by atoms with E-state index in [2.05, 4.69) is 15.3 Å². The molecular formula is C18H17N3O2. The summed E-state index contributed by atoms with van der Waals surface area (Å²) < 4.78 is 5.27. The van der Waals surface area contributed by atoms with Crippen LogP contribution in [0.4, 0.5) is 5.95 Å². The number of nitrogens with zero attached hydrogens (tertiary/aromatic N) is 2. The lowest BCUT2D eigenvalue weighted by molar-refractivity contribution is -0.115. The molecule has 0 unspecified atom stereocenters. The van der Waals surface area contributed by atoms with Gasteiger partial charge in [-0.15, -0.1) is 0 Å². The van der Waals surface area contributed by atoms with Crippen molar-refractivity contribution in [1.29, 1.82) is 0 Å². The van der Waals surface area contributed by atoms with Crippen molar-refractivity contribution in [3.8, 4) is 5.75 Å². The fraction of sp³-hybridized carbons (Fsp3) is 0.167. The highest BCUT2D eigenvalue weighted by molar-refractivity contribution is 5.95. The van der Waals surface area contributed by atoms with Crippen LogP contribution in [0.5, 0.6) is 5.75 Å². The molecule has 0 atom stereocenters. The third-order valence-corrected chi connectivity index (χ3v) is 3.58. The van der Waals surface area contributed by atoms with Crippen LogP contribution in [0.1, 0.15) is 11.3 Å². The summed E-state index contributed by atoms with van der Waals surface area (Å²) in [6.07, 6.45) is 1.88.